The molecular formula is C30H50O. The Morgan fingerprint density at radius 3 is 1.32 bits per heavy atom. The molecule has 0 aromatic carbocycles. The summed E-state index contributed by atoms with van der Waals surface area (Å²) in [5, 5.41) is 0. The average Bonchev–Trinajstić information content (AvgIpc) is 3.30. The zero-order valence-corrected chi connectivity index (χ0v) is 21.9. The minimum absolute atomic E-state index is 0.132. The normalized spacial score (nSPS) is 19.5. The van der Waals surface area contributed by atoms with E-state index in [1.165, 1.54) is 79.2 Å². The molecule has 31 heavy (non-hydrogen) atoms. The Morgan fingerprint density at radius 2 is 0.935 bits per heavy atom. The average molecular weight is 427 g/mol. The molecule has 0 amide bonds. The van der Waals surface area contributed by atoms with E-state index in [0.29, 0.717) is 6.10 Å². The highest BCUT2D eigenvalue weighted by Crippen LogP contribution is 2.38. The van der Waals surface area contributed by atoms with E-state index in [2.05, 4.69) is 85.8 Å². The van der Waals surface area contributed by atoms with Crippen molar-refractivity contribution in [2.75, 3.05) is 0 Å². The second-order valence-corrected chi connectivity index (χ2v) is 10.4. The molecule has 0 unspecified atom stereocenters. The first kappa shape index (κ1) is 27.7. The van der Waals surface area contributed by atoms with Crippen molar-refractivity contribution in [2.24, 2.45) is 0 Å². The molecule has 0 aromatic rings. The first-order valence-electron chi connectivity index (χ1n) is 12.5. The van der Waals surface area contributed by atoms with Crippen molar-refractivity contribution < 1.29 is 4.74 Å². The monoisotopic (exact) mass is 426 g/mol. The lowest BCUT2D eigenvalue weighted by Gasteiger charge is -2.03. The molecule has 0 N–H and O–H groups in total. The molecule has 0 radical (unpaired) electrons. The van der Waals surface area contributed by atoms with Crippen LogP contribution in [0.4, 0.5) is 0 Å². The predicted molar refractivity (Wildman–Crippen MR) is 140 cm³/mol. The maximum Gasteiger partial charge on any atom is 0.0892 e. The lowest BCUT2D eigenvalue weighted by Crippen LogP contribution is -2.02. The third kappa shape index (κ3) is 14.4. The van der Waals surface area contributed by atoms with Crippen LogP contribution in [-0.2, 0) is 4.74 Å². The van der Waals surface area contributed by atoms with Gasteiger partial charge in [-0.3, -0.25) is 0 Å². The van der Waals surface area contributed by atoms with Crippen molar-refractivity contribution in [3.8, 4) is 0 Å². The molecule has 0 spiro atoms. The van der Waals surface area contributed by atoms with Gasteiger partial charge in [-0.1, -0.05) is 58.2 Å². The molecule has 176 valence electrons. The van der Waals surface area contributed by atoms with Gasteiger partial charge in [0.05, 0.1) is 11.7 Å². The van der Waals surface area contributed by atoms with Gasteiger partial charge in [-0.25, -0.2) is 0 Å². The standard InChI is InChI=1S/C30H50O/c1-24(2)14-11-17-27(5)20-12-18-25(3)15-9-10-16-26(4)19-13-21-28(6)22-23-29-30(7,8)31-29/h14-16,20-21,29H,9-13,17-19,22-23H2,1-8H3/b25-15+,26-16-,27-20+,28-21-/t29-/m0/s1. The van der Waals surface area contributed by atoms with Crippen LogP contribution in [0.1, 0.15) is 120 Å². The Labute approximate surface area is 194 Å². The Hall–Kier alpha value is -1.34. The van der Waals surface area contributed by atoms with E-state index in [-0.39, 0.29) is 5.60 Å². The molecule has 0 bridgehead atoms. The van der Waals surface area contributed by atoms with Gasteiger partial charge in [0.1, 0.15) is 0 Å². The van der Waals surface area contributed by atoms with Crippen LogP contribution in [0.15, 0.2) is 58.2 Å². The number of hydrogen-bond acceptors (Lipinski definition) is 1. The Balaban J connectivity index is 2.15. The van der Waals surface area contributed by atoms with E-state index in [4.69, 9.17) is 4.74 Å². The molecule has 1 atom stereocenters. The lowest BCUT2D eigenvalue weighted by molar-refractivity contribution is 0.320. The molecule has 1 rings (SSSR count). The zero-order valence-electron chi connectivity index (χ0n) is 21.9. The van der Waals surface area contributed by atoms with Gasteiger partial charge in [0.15, 0.2) is 0 Å². The maximum absolute atomic E-state index is 5.68. The molecule has 1 fully saturated rings. The maximum atomic E-state index is 5.68. The Morgan fingerprint density at radius 1 is 0.581 bits per heavy atom. The van der Waals surface area contributed by atoms with Gasteiger partial charge in [-0.2, -0.15) is 0 Å². The van der Waals surface area contributed by atoms with Crippen molar-refractivity contribution in [3.63, 3.8) is 0 Å². The first-order chi connectivity index (χ1) is 14.6. The van der Waals surface area contributed by atoms with Gasteiger partial charge in [0.25, 0.3) is 0 Å². The van der Waals surface area contributed by atoms with Crippen molar-refractivity contribution in [1.29, 1.82) is 0 Å². The molecule has 1 nitrogen and oxygen atoms in total. The second-order valence-electron chi connectivity index (χ2n) is 10.4. The molecule has 1 saturated heterocycles. The fourth-order valence-electron chi connectivity index (χ4n) is 3.85. The van der Waals surface area contributed by atoms with Gasteiger partial charge in [-0.05, 0) is 120 Å². The van der Waals surface area contributed by atoms with Crippen LogP contribution >= 0.6 is 0 Å². The molecule has 0 aliphatic carbocycles. The van der Waals surface area contributed by atoms with E-state index < -0.39 is 0 Å². The molecule has 0 aromatic heterocycles. The molecular weight excluding hydrogens is 376 g/mol. The van der Waals surface area contributed by atoms with Gasteiger partial charge in [-0.15, -0.1) is 0 Å². The van der Waals surface area contributed by atoms with Crippen LogP contribution in [0.25, 0.3) is 0 Å². The van der Waals surface area contributed by atoms with Gasteiger partial charge in [0, 0.05) is 0 Å². The summed E-state index contributed by atoms with van der Waals surface area (Å²) in [5.74, 6) is 0. The number of ether oxygens (including phenoxy) is 1. The Kier molecular flexibility index (Phi) is 13.1. The highest BCUT2D eigenvalue weighted by molar-refractivity contribution is 5.08. The number of rotatable bonds is 15. The summed E-state index contributed by atoms with van der Waals surface area (Å²) in [5.41, 5.74) is 7.65. The van der Waals surface area contributed by atoms with Crippen LogP contribution in [0.2, 0.25) is 0 Å². The summed E-state index contributed by atoms with van der Waals surface area (Å²) in [4.78, 5) is 0. The van der Waals surface area contributed by atoms with Crippen LogP contribution in [-0.4, -0.2) is 11.7 Å². The molecule has 1 aliphatic heterocycles. The number of unbranched alkanes of at least 4 members (excludes halogenated alkanes) is 1. The van der Waals surface area contributed by atoms with E-state index >= 15 is 0 Å². The highest BCUT2D eigenvalue weighted by atomic mass is 16.6. The highest BCUT2D eigenvalue weighted by Gasteiger charge is 2.46. The summed E-state index contributed by atoms with van der Waals surface area (Å²) in [6, 6.07) is 0. The molecule has 1 heterocycles. The zero-order chi connectivity index (χ0) is 23.3. The van der Waals surface area contributed by atoms with Crippen molar-refractivity contribution >= 4 is 0 Å². The number of epoxide rings is 1. The number of allylic oxidation sites excluding steroid dienone is 10. The summed E-state index contributed by atoms with van der Waals surface area (Å²) in [6.07, 6.45) is 24.3. The third-order valence-corrected chi connectivity index (χ3v) is 6.27. The van der Waals surface area contributed by atoms with Gasteiger partial charge >= 0.3 is 0 Å². The SMILES string of the molecule is CC(C)=CCC/C(C)=C/CC/C(C)=C/CC/C=C(/C)CC/C=C(/C)CC[C@@H]1OC1(C)C. The van der Waals surface area contributed by atoms with Crippen LogP contribution in [0.3, 0.4) is 0 Å². The topological polar surface area (TPSA) is 12.5 Å². The lowest BCUT2D eigenvalue weighted by atomic mass is 10.0. The summed E-state index contributed by atoms with van der Waals surface area (Å²) >= 11 is 0. The minimum atomic E-state index is 0.132. The van der Waals surface area contributed by atoms with E-state index in [1.54, 1.807) is 0 Å². The predicted octanol–water partition coefficient (Wildman–Crippen LogP) is 9.82. The third-order valence-electron chi connectivity index (χ3n) is 6.27. The quantitative estimate of drug-likeness (QED) is 0.144. The molecule has 0 saturated carbocycles. The smallest absolute Gasteiger partial charge is 0.0892 e. The van der Waals surface area contributed by atoms with Crippen LogP contribution in [0.5, 0.6) is 0 Å². The number of hydrogen-bond donors (Lipinski definition) is 0. The molecule has 1 aliphatic rings. The van der Waals surface area contributed by atoms with Gasteiger partial charge < -0.3 is 4.74 Å². The van der Waals surface area contributed by atoms with E-state index in [9.17, 15) is 0 Å². The summed E-state index contributed by atoms with van der Waals surface area (Å²) < 4.78 is 5.68. The van der Waals surface area contributed by atoms with Crippen LogP contribution < -0.4 is 0 Å². The van der Waals surface area contributed by atoms with Gasteiger partial charge in [0.2, 0.25) is 0 Å². The minimum Gasteiger partial charge on any atom is -0.367 e. The first-order valence-corrected chi connectivity index (χ1v) is 12.5. The largest absolute Gasteiger partial charge is 0.367 e. The van der Waals surface area contributed by atoms with Crippen molar-refractivity contribution in [3.05, 3.63) is 58.2 Å². The summed E-state index contributed by atoms with van der Waals surface area (Å²) in [6.45, 7) is 17.8. The molecule has 1 heteroatoms. The fraction of sp³-hybridized carbons (Fsp3) is 0.667. The summed E-state index contributed by atoms with van der Waals surface area (Å²) in [7, 11) is 0. The van der Waals surface area contributed by atoms with E-state index in [1.807, 2.05) is 0 Å². The Bertz CT molecular complexity index is 677. The van der Waals surface area contributed by atoms with Crippen molar-refractivity contribution in [2.45, 2.75) is 131 Å². The second kappa shape index (κ2) is 14.7. The van der Waals surface area contributed by atoms with Crippen molar-refractivity contribution in [1.82, 2.24) is 0 Å². The van der Waals surface area contributed by atoms with E-state index in [0.717, 1.165) is 12.8 Å². The van der Waals surface area contributed by atoms with Crippen LogP contribution in [0, 0.1) is 0 Å². The fourth-order valence-corrected chi connectivity index (χ4v) is 3.85.